The molecule has 5 nitrogen and oxygen atoms in total. The molecular formula is C15H19NO4. The van der Waals surface area contributed by atoms with Crippen LogP contribution in [0.25, 0.3) is 0 Å². The molecule has 1 fully saturated rings. The van der Waals surface area contributed by atoms with Crippen LogP contribution in [0.15, 0.2) is 18.2 Å². The summed E-state index contributed by atoms with van der Waals surface area (Å²) in [4.78, 5) is 25.9. The Balaban J connectivity index is 2.30. The van der Waals surface area contributed by atoms with E-state index >= 15 is 0 Å². The van der Waals surface area contributed by atoms with Crippen molar-refractivity contribution in [2.24, 2.45) is 0 Å². The van der Waals surface area contributed by atoms with E-state index in [2.05, 4.69) is 0 Å². The first kappa shape index (κ1) is 14.4. The summed E-state index contributed by atoms with van der Waals surface area (Å²) in [6.45, 7) is 2.24. The Hall–Kier alpha value is -2.04. The number of phenols is 1. The van der Waals surface area contributed by atoms with Crippen LogP contribution in [0.4, 0.5) is 0 Å². The van der Waals surface area contributed by atoms with Crippen molar-refractivity contribution in [3.63, 3.8) is 0 Å². The number of likely N-dealkylation sites (tertiary alicyclic amines) is 1. The van der Waals surface area contributed by atoms with Crippen LogP contribution in [0.5, 0.6) is 5.75 Å². The maximum Gasteiger partial charge on any atom is 0.328 e. The third-order valence-corrected chi connectivity index (χ3v) is 3.71. The number of rotatable bonds is 2. The Morgan fingerprint density at radius 1 is 1.35 bits per heavy atom. The number of nitrogens with zero attached hydrogens (tertiary/aromatic N) is 1. The van der Waals surface area contributed by atoms with Gasteiger partial charge in [-0.2, -0.15) is 0 Å². The number of phenolic OH excluding ortho intramolecular Hbond substituents is 1. The van der Waals surface area contributed by atoms with Gasteiger partial charge in [0.25, 0.3) is 5.91 Å². The highest BCUT2D eigenvalue weighted by molar-refractivity contribution is 5.99. The van der Waals surface area contributed by atoms with Gasteiger partial charge in [0.15, 0.2) is 0 Å². The number of aryl methyl sites for hydroxylation is 1. The number of hydrogen-bond acceptors (Lipinski definition) is 4. The normalized spacial score (nSPS) is 18.7. The second-order valence-electron chi connectivity index (χ2n) is 5.00. The molecule has 0 radical (unpaired) electrons. The van der Waals surface area contributed by atoms with Crippen molar-refractivity contribution in [2.75, 3.05) is 13.7 Å². The number of hydrogen-bond donors (Lipinski definition) is 1. The first-order valence-corrected chi connectivity index (χ1v) is 6.73. The molecule has 1 aromatic carbocycles. The molecule has 1 atom stereocenters. The summed E-state index contributed by atoms with van der Waals surface area (Å²) in [5.74, 6) is -0.738. The van der Waals surface area contributed by atoms with Crippen LogP contribution in [0, 0.1) is 6.92 Å². The molecule has 0 aliphatic carbocycles. The third-order valence-electron chi connectivity index (χ3n) is 3.71. The maximum absolute atomic E-state index is 12.6. The van der Waals surface area contributed by atoms with Gasteiger partial charge >= 0.3 is 5.97 Å². The van der Waals surface area contributed by atoms with Gasteiger partial charge in [-0.25, -0.2) is 4.79 Å². The number of esters is 1. The third kappa shape index (κ3) is 2.61. The minimum absolute atomic E-state index is 0.0216. The number of amides is 1. The fourth-order valence-electron chi connectivity index (χ4n) is 2.54. The topological polar surface area (TPSA) is 66.8 Å². The van der Waals surface area contributed by atoms with Gasteiger partial charge in [0.05, 0.1) is 12.7 Å². The fourth-order valence-corrected chi connectivity index (χ4v) is 2.54. The summed E-state index contributed by atoms with van der Waals surface area (Å²) in [5.41, 5.74) is 0.878. The van der Waals surface area contributed by atoms with E-state index in [9.17, 15) is 14.7 Å². The summed E-state index contributed by atoms with van der Waals surface area (Å²) in [6.07, 6.45) is 2.35. The summed E-state index contributed by atoms with van der Waals surface area (Å²) in [5, 5.41) is 10.0. The summed E-state index contributed by atoms with van der Waals surface area (Å²) < 4.78 is 4.76. The lowest BCUT2D eigenvalue weighted by atomic mass is 10.00. The summed E-state index contributed by atoms with van der Waals surface area (Å²) >= 11 is 0. The largest absolute Gasteiger partial charge is 0.507 e. The zero-order valence-electron chi connectivity index (χ0n) is 11.8. The van der Waals surface area contributed by atoms with E-state index in [0.29, 0.717) is 18.5 Å². The van der Waals surface area contributed by atoms with Crippen LogP contribution in [0.3, 0.4) is 0 Å². The molecule has 1 amide bonds. The minimum atomic E-state index is -0.554. The van der Waals surface area contributed by atoms with Crippen molar-refractivity contribution in [1.82, 2.24) is 4.90 Å². The molecule has 1 N–H and O–H groups in total. The van der Waals surface area contributed by atoms with Crippen LogP contribution < -0.4 is 0 Å². The molecule has 108 valence electrons. The van der Waals surface area contributed by atoms with E-state index in [-0.39, 0.29) is 17.2 Å². The molecule has 2 rings (SSSR count). The number of carbonyl (C=O) groups is 2. The Labute approximate surface area is 118 Å². The lowest BCUT2D eigenvalue weighted by Crippen LogP contribution is -2.48. The lowest BCUT2D eigenvalue weighted by molar-refractivity contribution is -0.147. The second-order valence-corrected chi connectivity index (χ2v) is 5.00. The van der Waals surface area contributed by atoms with Gasteiger partial charge in [-0.3, -0.25) is 4.79 Å². The van der Waals surface area contributed by atoms with E-state index in [1.807, 2.05) is 0 Å². The van der Waals surface area contributed by atoms with E-state index in [0.717, 1.165) is 12.8 Å². The predicted octanol–water partition coefficient (Wildman–Crippen LogP) is 1.87. The molecule has 20 heavy (non-hydrogen) atoms. The molecule has 0 spiro atoms. The number of methoxy groups -OCH3 is 1. The molecule has 1 aromatic rings. The van der Waals surface area contributed by atoms with Crippen LogP contribution >= 0.6 is 0 Å². The van der Waals surface area contributed by atoms with Gasteiger partial charge in [0.2, 0.25) is 0 Å². The quantitative estimate of drug-likeness (QED) is 0.838. The van der Waals surface area contributed by atoms with Crippen molar-refractivity contribution in [1.29, 1.82) is 0 Å². The molecular weight excluding hydrogens is 258 g/mol. The highest BCUT2D eigenvalue weighted by Gasteiger charge is 2.34. The number of ether oxygens (including phenoxy) is 1. The zero-order valence-corrected chi connectivity index (χ0v) is 11.8. The van der Waals surface area contributed by atoms with Crippen LogP contribution in [-0.2, 0) is 9.53 Å². The first-order chi connectivity index (χ1) is 9.56. The average Bonchev–Trinajstić information content (AvgIpc) is 2.48. The maximum atomic E-state index is 12.6. The van der Waals surface area contributed by atoms with Gasteiger partial charge in [-0.1, -0.05) is 12.1 Å². The van der Waals surface area contributed by atoms with E-state index in [4.69, 9.17) is 4.74 Å². The summed E-state index contributed by atoms with van der Waals surface area (Å²) in [7, 11) is 1.32. The molecule has 5 heteroatoms. The molecule has 1 unspecified atom stereocenters. The highest BCUT2D eigenvalue weighted by Crippen LogP contribution is 2.26. The van der Waals surface area contributed by atoms with Gasteiger partial charge in [-0.15, -0.1) is 0 Å². The molecule has 1 aliphatic heterocycles. The lowest BCUT2D eigenvalue weighted by Gasteiger charge is -2.34. The highest BCUT2D eigenvalue weighted by atomic mass is 16.5. The standard InChI is InChI=1S/C15H19NO4/c1-10-6-5-7-11(13(10)17)14(18)16-9-4-3-8-12(16)15(19)20-2/h5-7,12,17H,3-4,8-9H2,1-2H3. The van der Waals surface area contributed by atoms with E-state index in [1.165, 1.54) is 12.0 Å². The van der Waals surface area contributed by atoms with Crippen molar-refractivity contribution >= 4 is 11.9 Å². The van der Waals surface area contributed by atoms with Crippen molar-refractivity contribution < 1.29 is 19.4 Å². The number of benzene rings is 1. The number of piperidine rings is 1. The first-order valence-electron chi connectivity index (χ1n) is 6.73. The van der Waals surface area contributed by atoms with Crippen LogP contribution in [0.1, 0.15) is 35.2 Å². The SMILES string of the molecule is COC(=O)C1CCCCN1C(=O)c1cccc(C)c1O. The number of para-hydroxylation sites is 1. The molecule has 0 bridgehead atoms. The molecule has 1 heterocycles. The van der Waals surface area contributed by atoms with Crippen molar-refractivity contribution in [3.05, 3.63) is 29.3 Å². The van der Waals surface area contributed by atoms with Gasteiger partial charge in [-0.05, 0) is 37.8 Å². The predicted molar refractivity (Wildman–Crippen MR) is 73.5 cm³/mol. The second kappa shape index (κ2) is 5.94. The van der Waals surface area contributed by atoms with Crippen molar-refractivity contribution in [3.8, 4) is 5.75 Å². The van der Waals surface area contributed by atoms with Crippen LogP contribution in [-0.4, -0.2) is 41.6 Å². The summed E-state index contributed by atoms with van der Waals surface area (Å²) in [6, 6.07) is 4.48. The Morgan fingerprint density at radius 2 is 2.10 bits per heavy atom. The van der Waals surface area contributed by atoms with E-state index < -0.39 is 12.0 Å². The number of carbonyl (C=O) groups excluding carboxylic acids is 2. The number of aromatic hydroxyl groups is 1. The fraction of sp³-hybridized carbons (Fsp3) is 0.467. The Morgan fingerprint density at radius 3 is 2.80 bits per heavy atom. The van der Waals surface area contributed by atoms with Crippen LogP contribution in [0.2, 0.25) is 0 Å². The molecule has 1 saturated heterocycles. The molecule has 0 saturated carbocycles. The Kier molecular flexibility index (Phi) is 4.27. The molecule has 0 aromatic heterocycles. The van der Waals surface area contributed by atoms with Gasteiger partial charge in [0.1, 0.15) is 11.8 Å². The molecule has 1 aliphatic rings. The Bertz CT molecular complexity index is 527. The monoisotopic (exact) mass is 277 g/mol. The minimum Gasteiger partial charge on any atom is -0.507 e. The van der Waals surface area contributed by atoms with Gasteiger partial charge in [0, 0.05) is 6.54 Å². The van der Waals surface area contributed by atoms with E-state index in [1.54, 1.807) is 25.1 Å². The smallest absolute Gasteiger partial charge is 0.328 e. The zero-order chi connectivity index (χ0) is 14.7. The average molecular weight is 277 g/mol. The van der Waals surface area contributed by atoms with Crippen molar-refractivity contribution in [2.45, 2.75) is 32.2 Å². The van der Waals surface area contributed by atoms with Gasteiger partial charge < -0.3 is 14.7 Å².